The SMILES string of the molecule is O=C([O-])CC(O)(CC(=O)[O-])C(=O)O.c1ccc([P+](c2ccccc2)(c2ccccc2)c2ccccc2)cc1.c1ccc([P+](c2ccccc2)(c2ccccc2)c2ccccc2)cc1. The average Bonchev–Trinajstić information content (AvgIpc) is 3.32. The van der Waals surface area contributed by atoms with E-state index in [1.54, 1.807) is 0 Å². The summed E-state index contributed by atoms with van der Waals surface area (Å²) in [5, 5.41) is 48.3. The molecule has 9 heteroatoms. The van der Waals surface area contributed by atoms with E-state index in [4.69, 9.17) is 10.2 Å². The van der Waals surface area contributed by atoms with Gasteiger partial charge in [-0.15, -0.1) is 0 Å². The topological polar surface area (TPSA) is 138 Å². The summed E-state index contributed by atoms with van der Waals surface area (Å²) in [6, 6.07) is 87.7. The van der Waals surface area contributed by atoms with E-state index in [2.05, 4.69) is 243 Å². The first kappa shape index (κ1) is 45.5. The molecule has 0 heterocycles. The number of carboxylic acids is 3. The lowest BCUT2D eigenvalue weighted by Gasteiger charge is -2.27. The molecule has 0 radical (unpaired) electrons. The van der Waals surface area contributed by atoms with Crippen molar-refractivity contribution in [3.05, 3.63) is 243 Å². The minimum Gasteiger partial charge on any atom is -0.550 e. The van der Waals surface area contributed by atoms with Crippen LogP contribution in [-0.2, 0) is 14.4 Å². The Bertz CT molecular complexity index is 2130. The average molecular weight is 869 g/mol. The summed E-state index contributed by atoms with van der Waals surface area (Å²) in [4.78, 5) is 30.2. The number of hydrogen-bond acceptors (Lipinski definition) is 6. The molecule has 0 atom stereocenters. The fourth-order valence-electron chi connectivity index (χ4n) is 7.69. The lowest BCUT2D eigenvalue weighted by Crippen LogP contribution is -2.48. The van der Waals surface area contributed by atoms with Crippen molar-refractivity contribution >= 4 is 74.9 Å². The van der Waals surface area contributed by atoms with Crippen LogP contribution >= 0.6 is 14.5 Å². The molecule has 0 aliphatic rings. The molecule has 63 heavy (non-hydrogen) atoms. The first-order valence-corrected chi connectivity index (χ1v) is 23.8. The van der Waals surface area contributed by atoms with Crippen LogP contribution in [0.2, 0.25) is 0 Å². The van der Waals surface area contributed by atoms with E-state index in [-0.39, 0.29) is 0 Å². The molecule has 0 amide bonds. The molecule has 0 unspecified atom stereocenters. The molecule has 0 aliphatic carbocycles. The molecule has 7 nitrogen and oxygen atoms in total. The number of carboxylic acid groups (broad SMARTS) is 3. The molecule has 2 N–H and O–H groups in total. The number of rotatable bonds is 13. The minimum absolute atomic E-state index is 1.30. The summed E-state index contributed by atoms with van der Waals surface area (Å²) < 4.78 is 0. The summed E-state index contributed by atoms with van der Waals surface area (Å²) >= 11 is 0. The highest BCUT2D eigenvalue weighted by molar-refractivity contribution is 8.02. The van der Waals surface area contributed by atoms with Crippen molar-refractivity contribution in [3.8, 4) is 0 Å². The van der Waals surface area contributed by atoms with Gasteiger partial charge in [0, 0.05) is 24.8 Å². The highest BCUT2D eigenvalue weighted by Crippen LogP contribution is 2.55. The molecule has 0 saturated heterocycles. The van der Waals surface area contributed by atoms with E-state index in [0.29, 0.717) is 0 Å². The summed E-state index contributed by atoms with van der Waals surface area (Å²) in [6.07, 6.45) is -2.59. The fraction of sp³-hybridized carbons (Fsp3) is 0.0556. The van der Waals surface area contributed by atoms with Crippen LogP contribution in [0.1, 0.15) is 12.8 Å². The molecule has 0 fully saturated rings. The molecule has 0 bridgehead atoms. The summed E-state index contributed by atoms with van der Waals surface area (Å²) in [6.45, 7) is 0. The van der Waals surface area contributed by atoms with E-state index in [1.165, 1.54) is 42.4 Å². The van der Waals surface area contributed by atoms with Gasteiger partial charge in [-0.1, -0.05) is 146 Å². The Morgan fingerprint density at radius 2 is 0.476 bits per heavy atom. The number of aliphatic hydroxyl groups is 1. The van der Waals surface area contributed by atoms with Crippen LogP contribution in [0.5, 0.6) is 0 Å². The summed E-state index contributed by atoms with van der Waals surface area (Å²) in [7, 11) is -3.81. The maximum atomic E-state index is 10.3. The van der Waals surface area contributed by atoms with Crippen molar-refractivity contribution in [2.45, 2.75) is 18.4 Å². The first-order chi connectivity index (χ1) is 30.6. The van der Waals surface area contributed by atoms with E-state index in [1.807, 2.05) is 0 Å². The third kappa shape index (κ3) is 10.5. The predicted molar refractivity (Wildman–Crippen MR) is 254 cm³/mol. The van der Waals surface area contributed by atoms with Crippen molar-refractivity contribution in [2.75, 3.05) is 0 Å². The second-order valence-electron chi connectivity index (χ2n) is 14.5. The van der Waals surface area contributed by atoms with Gasteiger partial charge in [-0.3, -0.25) is 0 Å². The number of benzene rings is 8. The van der Waals surface area contributed by atoms with Crippen molar-refractivity contribution in [2.24, 2.45) is 0 Å². The van der Waals surface area contributed by atoms with Crippen LogP contribution in [0.4, 0.5) is 0 Å². The third-order valence-corrected chi connectivity index (χ3v) is 19.0. The van der Waals surface area contributed by atoms with Gasteiger partial charge < -0.3 is 30.0 Å². The van der Waals surface area contributed by atoms with Gasteiger partial charge in [0.15, 0.2) is 5.60 Å². The number of hydrogen-bond donors (Lipinski definition) is 2. The van der Waals surface area contributed by atoms with Crippen LogP contribution < -0.4 is 52.6 Å². The predicted octanol–water partition coefficient (Wildman–Crippen LogP) is 4.69. The van der Waals surface area contributed by atoms with Gasteiger partial charge >= 0.3 is 5.97 Å². The third-order valence-electron chi connectivity index (χ3n) is 10.4. The number of aliphatic carboxylic acids is 3. The lowest BCUT2D eigenvalue weighted by molar-refractivity contribution is -0.314. The van der Waals surface area contributed by atoms with Crippen molar-refractivity contribution in [1.82, 2.24) is 0 Å². The summed E-state index contributed by atoms with van der Waals surface area (Å²) in [5.41, 5.74) is -2.86. The van der Waals surface area contributed by atoms with Crippen LogP contribution in [0, 0.1) is 0 Å². The van der Waals surface area contributed by atoms with Gasteiger partial charge in [0.05, 0.1) is 0 Å². The molecule has 8 aromatic rings. The Hall–Kier alpha value is -7.01. The molecule has 8 aromatic carbocycles. The van der Waals surface area contributed by atoms with Gasteiger partial charge in [0.25, 0.3) is 0 Å². The van der Waals surface area contributed by atoms with Crippen molar-refractivity contribution < 1.29 is 34.8 Å². The molecule has 0 saturated carbocycles. The number of carbonyl (C=O) groups is 3. The van der Waals surface area contributed by atoms with Gasteiger partial charge in [-0.2, -0.15) is 0 Å². The summed E-state index contributed by atoms with van der Waals surface area (Å²) in [5.74, 6) is -5.65. The molecular weight excluding hydrogens is 823 g/mol. The standard InChI is InChI=1S/2C24H20P.C6H8O7/c2*1-5-13-21(14-6-1)25(22-15-7-2-8-16-22,23-17-9-3-10-18-23)24-19-11-4-12-20-24;7-3(8)1-6(13,5(11)12)2-4(9)10/h2*1-20H;13H,1-2H2,(H,7,8)(H,9,10)(H,11,12)/q2*+1;/p-2. The highest BCUT2D eigenvalue weighted by atomic mass is 31.2. The van der Waals surface area contributed by atoms with Gasteiger partial charge in [-0.05, 0) is 97.1 Å². The monoisotopic (exact) mass is 868 g/mol. The maximum absolute atomic E-state index is 10.3. The van der Waals surface area contributed by atoms with Gasteiger partial charge in [-0.25, -0.2) is 4.79 Å². The van der Waals surface area contributed by atoms with E-state index in [9.17, 15) is 24.6 Å². The van der Waals surface area contributed by atoms with Gasteiger partial charge in [0.1, 0.15) is 57.0 Å². The Morgan fingerprint density at radius 3 is 0.587 bits per heavy atom. The van der Waals surface area contributed by atoms with Crippen LogP contribution in [-0.4, -0.2) is 33.7 Å². The van der Waals surface area contributed by atoms with Crippen LogP contribution in [0.15, 0.2) is 243 Å². The second-order valence-corrected chi connectivity index (χ2v) is 21.3. The zero-order valence-electron chi connectivity index (χ0n) is 34.3. The van der Waals surface area contributed by atoms with Gasteiger partial charge in [0.2, 0.25) is 0 Å². The number of carbonyl (C=O) groups excluding carboxylic acids is 2. The fourth-order valence-corrected chi connectivity index (χ4v) is 16.2. The zero-order chi connectivity index (χ0) is 44.5. The van der Waals surface area contributed by atoms with Crippen molar-refractivity contribution in [3.63, 3.8) is 0 Å². The highest BCUT2D eigenvalue weighted by Gasteiger charge is 2.48. The van der Waals surface area contributed by atoms with Crippen molar-refractivity contribution in [1.29, 1.82) is 0 Å². The quantitative estimate of drug-likeness (QED) is 0.161. The molecule has 8 rings (SSSR count). The van der Waals surface area contributed by atoms with E-state index in [0.717, 1.165) is 0 Å². The molecule has 0 aromatic heterocycles. The lowest BCUT2D eigenvalue weighted by atomic mass is 9.96. The molecular formula is C54H46O7P2. The van der Waals surface area contributed by atoms with Crippen LogP contribution in [0.25, 0.3) is 0 Å². The Kier molecular flexibility index (Phi) is 15.7. The van der Waals surface area contributed by atoms with Crippen LogP contribution in [0.3, 0.4) is 0 Å². The van der Waals surface area contributed by atoms with E-state index >= 15 is 0 Å². The maximum Gasteiger partial charge on any atom is 0.336 e. The Balaban J connectivity index is 0.000000166. The minimum atomic E-state index is -2.86. The van der Waals surface area contributed by atoms with E-state index < -0.39 is 50.9 Å². The molecule has 0 spiro atoms. The Labute approximate surface area is 369 Å². The second kappa shape index (κ2) is 21.7. The smallest absolute Gasteiger partial charge is 0.336 e. The largest absolute Gasteiger partial charge is 0.550 e. The normalized spacial score (nSPS) is 11.1. The molecule has 314 valence electrons. The zero-order valence-corrected chi connectivity index (χ0v) is 36.1. The Morgan fingerprint density at radius 1 is 0.333 bits per heavy atom. The first-order valence-electron chi connectivity index (χ1n) is 20.2. The molecule has 0 aliphatic heterocycles.